The second kappa shape index (κ2) is 10.6. The normalized spacial score (nSPS) is 14.5. The average molecular weight is 493 g/mol. The minimum absolute atomic E-state index is 0.128. The van der Waals surface area contributed by atoms with Crippen LogP contribution in [-0.4, -0.2) is 28.6 Å². The molecule has 3 aromatic carbocycles. The van der Waals surface area contributed by atoms with Crippen LogP contribution in [0, 0.1) is 6.92 Å². The van der Waals surface area contributed by atoms with Crippen molar-refractivity contribution in [1.82, 2.24) is 4.90 Å². The van der Waals surface area contributed by atoms with E-state index in [1.807, 2.05) is 31.2 Å². The molecule has 0 saturated carbocycles. The van der Waals surface area contributed by atoms with Crippen molar-refractivity contribution in [3.8, 4) is 5.75 Å². The molecule has 1 saturated heterocycles. The van der Waals surface area contributed by atoms with Crippen LogP contribution in [0.15, 0.2) is 77.7 Å². The number of anilines is 1. The Morgan fingerprint density at radius 3 is 2.35 bits per heavy atom. The lowest BCUT2D eigenvalue weighted by molar-refractivity contribution is -0.123. The number of carbonyl (C=O) groups is 3. The molecule has 3 aromatic rings. The van der Waals surface area contributed by atoms with Crippen LogP contribution in [0.4, 0.5) is 10.5 Å². The van der Waals surface area contributed by atoms with Crippen molar-refractivity contribution in [3.05, 3.63) is 99.4 Å². The molecule has 1 N–H and O–H groups in total. The predicted octanol–water partition coefficient (Wildman–Crippen LogP) is 5.90. The number of carbonyl (C=O) groups excluding carboxylic acids is 3. The molecule has 1 fully saturated rings. The van der Waals surface area contributed by atoms with Gasteiger partial charge in [0, 0.05) is 10.7 Å². The molecule has 0 atom stereocenters. The number of rotatable bonds is 7. The zero-order valence-electron chi connectivity index (χ0n) is 18.3. The molecule has 0 bridgehead atoms. The number of thioether (sulfide) groups is 1. The summed E-state index contributed by atoms with van der Waals surface area (Å²) in [5.74, 6) is -0.0765. The first-order valence-corrected chi connectivity index (χ1v) is 11.7. The van der Waals surface area contributed by atoms with E-state index in [1.165, 1.54) is 4.90 Å². The van der Waals surface area contributed by atoms with Crippen LogP contribution in [0.3, 0.4) is 0 Å². The van der Waals surface area contributed by atoms with E-state index in [9.17, 15) is 14.4 Å². The van der Waals surface area contributed by atoms with Crippen molar-refractivity contribution in [2.24, 2.45) is 0 Å². The predicted molar refractivity (Wildman–Crippen MR) is 135 cm³/mol. The van der Waals surface area contributed by atoms with Gasteiger partial charge in [-0.25, -0.2) is 0 Å². The molecule has 3 amide bonds. The Hall–Kier alpha value is -3.55. The third-order valence-electron chi connectivity index (χ3n) is 5.01. The van der Waals surface area contributed by atoms with Crippen LogP contribution in [0.1, 0.15) is 16.7 Å². The number of imide groups is 1. The van der Waals surface area contributed by atoms with E-state index in [2.05, 4.69) is 5.32 Å². The number of hydrogen-bond donors (Lipinski definition) is 1. The number of halogens is 1. The quantitative estimate of drug-likeness (QED) is 0.415. The fourth-order valence-electron chi connectivity index (χ4n) is 3.20. The van der Waals surface area contributed by atoms with Crippen molar-refractivity contribution in [3.63, 3.8) is 0 Å². The van der Waals surface area contributed by atoms with Crippen molar-refractivity contribution in [1.29, 1.82) is 0 Å². The molecule has 8 heteroatoms. The number of amides is 3. The van der Waals surface area contributed by atoms with Gasteiger partial charge < -0.3 is 10.1 Å². The Morgan fingerprint density at radius 1 is 1.00 bits per heavy atom. The lowest BCUT2D eigenvalue weighted by Gasteiger charge is -2.12. The molecule has 34 heavy (non-hydrogen) atoms. The van der Waals surface area contributed by atoms with Crippen LogP contribution in [0.5, 0.6) is 5.75 Å². The summed E-state index contributed by atoms with van der Waals surface area (Å²) in [7, 11) is 0. The van der Waals surface area contributed by atoms with E-state index in [0.29, 0.717) is 21.4 Å². The van der Waals surface area contributed by atoms with Crippen LogP contribution < -0.4 is 10.1 Å². The number of ether oxygens (including phenoxy) is 1. The molecule has 1 aliphatic heterocycles. The fraction of sp³-hybridized carbons (Fsp3) is 0.115. The summed E-state index contributed by atoms with van der Waals surface area (Å²) in [5.41, 5.74) is 3.38. The third-order valence-corrected chi connectivity index (χ3v) is 6.17. The van der Waals surface area contributed by atoms with Gasteiger partial charge >= 0.3 is 0 Å². The third kappa shape index (κ3) is 6.07. The van der Waals surface area contributed by atoms with Crippen LogP contribution in [-0.2, 0) is 16.1 Å². The molecular weight excluding hydrogens is 472 g/mol. The summed E-state index contributed by atoms with van der Waals surface area (Å²) < 4.78 is 5.54. The van der Waals surface area contributed by atoms with Crippen molar-refractivity contribution < 1.29 is 19.1 Å². The molecule has 0 radical (unpaired) electrons. The zero-order valence-corrected chi connectivity index (χ0v) is 19.9. The summed E-state index contributed by atoms with van der Waals surface area (Å²) >= 11 is 6.80. The van der Waals surface area contributed by atoms with Gasteiger partial charge in [0.05, 0.1) is 11.4 Å². The Balaban J connectivity index is 1.33. The van der Waals surface area contributed by atoms with Gasteiger partial charge in [-0.1, -0.05) is 53.6 Å². The maximum atomic E-state index is 12.7. The molecule has 172 valence electrons. The minimum atomic E-state index is -0.335. The van der Waals surface area contributed by atoms with Gasteiger partial charge in [0.15, 0.2) is 6.61 Å². The number of benzene rings is 3. The summed E-state index contributed by atoms with van der Waals surface area (Å²) in [6.07, 6.45) is 1.67. The molecule has 0 unspecified atom stereocenters. The highest BCUT2D eigenvalue weighted by molar-refractivity contribution is 8.18. The summed E-state index contributed by atoms with van der Waals surface area (Å²) in [5, 5.41) is 3.06. The average Bonchev–Trinajstić information content (AvgIpc) is 3.09. The second-order valence-corrected chi connectivity index (χ2v) is 9.10. The van der Waals surface area contributed by atoms with Gasteiger partial charge in [0.1, 0.15) is 5.75 Å². The smallest absolute Gasteiger partial charge is 0.293 e. The first kappa shape index (κ1) is 23.6. The minimum Gasteiger partial charge on any atom is -0.484 e. The highest BCUT2D eigenvalue weighted by atomic mass is 35.5. The van der Waals surface area contributed by atoms with E-state index in [4.69, 9.17) is 16.3 Å². The monoisotopic (exact) mass is 492 g/mol. The Kier molecular flexibility index (Phi) is 7.35. The fourth-order valence-corrected chi connectivity index (χ4v) is 4.17. The van der Waals surface area contributed by atoms with Gasteiger partial charge in [-0.2, -0.15) is 0 Å². The number of nitrogens with one attached hydrogen (secondary N) is 1. The van der Waals surface area contributed by atoms with E-state index in [1.54, 1.807) is 54.6 Å². The van der Waals surface area contributed by atoms with Gasteiger partial charge in [0.25, 0.3) is 17.1 Å². The molecule has 0 aliphatic carbocycles. The molecule has 0 spiro atoms. The molecular formula is C26H21ClN2O4S. The molecule has 6 nitrogen and oxygen atoms in total. The standard InChI is InChI=1S/C26H21ClN2O4S/c1-17-2-10-21(11-3-17)28-24(30)16-33-22-12-6-18(7-13-22)14-23-25(31)29(26(32)34-23)15-19-4-8-20(27)9-5-19/h2-14H,15-16H2,1H3,(H,28,30)/b23-14-. The molecule has 4 rings (SSSR count). The number of hydrogen-bond acceptors (Lipinski definition) is 5. The van der Waals surface area contributed by atoms with E-state index in [-0.39, 0.29) is 30.2 Å². The lowest BCUT2D eigenvalue weighted by atomic mass is 10.2. The highest BCUT2D eigenvalue weighted by Gasteiger charge is 2.34. The Labute approximate surface area is 206 Å². The van der Waals surface area contributed by atoms with Crippen LogP contribution >= 0.6 is 23.4 Å². The van der Waals surface area contributed by atoms with Crippen LogP contribution in [0.25, 0.3) is 6.08 Å². The number of aryl methyl sites for hydroxylation is 1. The van der Waals surface area contributed by atoms with Gasteiger partial charge in [-0.15, -0.1) is 0 Å². The first-order chi connectivity index (χ1) is 16.4. The summed E-state index contributed by atoms with van der Waals surface area (Å²) in [6.45, 7) is 2.04. The topological polar surface area (TPSA) is 75.7 Å². The van der Waals surface area contributed by atoms with Gasteiger partial charge in [0.2, 0.25) is 0 Å². The summed E-state index contributed by atoms with van der Waals surface area (Å²) in [6, 6.07) is 21.5. The number of nitrogens with zero attached hydrogens (tertiary/aromatic N) is 1. The van der Waals surface area contributed by atoms with Crippen molar-refractivity contribution in [2.75, 3.05) is 11.9 Å². The van der Waals surface area contributed by atoms with E-state index < -0.39 is 0 Å². The van der Waals surface area contributed by atoms with E-state index in [0.717, 1.165) is 28.5 Å². The zero-order chi connectivity index (χ0) is 24.1. The summed E-state index contributed by atoms with van der Waals surface area (Å²) in [4.78, 5) is 38.7. The Bertz CT molecular complexity index is 1240. The highest BCUT2D eigenvalue weighted by Crippen LogP contribution is 2.33. The second-order valence-electron chi connectivity index (χ2n) is 7.67. The van der Waals surface area contributed by atoms with Crippen molar-refractivity contribution in [2.45, 2.75) is 13.5 Å². The van der Waals surface area contributed by atoms with Gasteiger partial charge in [-0.05, 0) is 72.3 Å². The van der Waals surface area contributed by atoms with Gasteiger partial charge in [-0.3, -0.25) is 19.3 Å². The first-order valence-electron chi connectivity index (χ1n) is 10.5. The maximum Gasteiger partial charge on any atom is 0.293 e. The Morgan fingerprint density at radius 2 is 1.68 bits per heavy atom. The SMILES string of the molecule is Cc1ccc(NC(=O)COc2ccc(/C=C3\SC(=O)N(Cc4ccc(Cl)cc4)C3=O)cc2)cc1. The molecule has 1 aliphatic rings. The molecule has 0 aromatic heterocycles. The van der Waals surface area contributed by atoms with Crippen molar-refractivity contribution >= 4 is 52.2 Å². The van der Waals surface area contributed by atoms with E-state index >= 15 is 0 Å². The maximum absolute atomic E-state index is 12.7. The van der Waals surface area contributed by atoms with Crippen LogP contribution in [0.2, 0.25) is 5.02 Å². The molecule has 1 heterocycles. The lowest BCUT2D eigenvalue weighted by Crippen LogP contribution is -2.27. The largest absolute Gasteiger partial charge is 0.484 e.